The molecule has 1 aliphatic heterocycles. The Hall–Kier alpha value is -1.79. The molecule has 11 heteroatoms. The van der Waals surface area contributed by atoms with Crippen molar-refractivity contribution in [3.8, 4) is 0 Å². The number of aliphatic carboxylic acids is 3. The highest BCUT2D eigenvalue weighted by molar-refractivity contribution is 5.69. The third-order valence-corrected chi connectivity index (χ3v) is 4.46. The first-order valence-electron chi connectivity index (χ1n) is 8.92. The van der Waals surface area contributed by atoms with Gasteiger partial charge in [0.05, 0.1) is 19.6 Å². The van der Waals surface area contributed by atoms with E-state index in [0.717, 1.165) is 0 Å². The molecule has 0 unspecified atom stereocenters. The summed E-state index contributed by atoms with van der Waals surface area (Å²) in [6.45, 7) is 3.53. The zero-order chi connectivity index (χ0) is 20.4. The number of hydrogen-bond acceptors (Lipinski definition) is 8. The standard InChI is InChI=1S/C16H31N5O6/c1-17(2)21-9-7-19(12-15(24)25)5-3-18(11-14(22)23)4-6-20(8-10-21)13-16(26)27/h3-13H2,1-2H3,(H,22,23)(H,24,25)(H,26,27). The second kappa shape index (κ2) is 11.8. The van der Waals surface area contributed by atoms with Crippen molar-refractivity contribution in [3.63, 3.8) is 0 Å². The zero-order valence-electron chi connectivity index (χ0n) is 16.1. The molecule has 1 fully saturated rings. The molecule has 0 aromatic carbocycles. The number of rotatable bonds is 7. The lowest BCUT2D eigenvalue weighted by molar-refractivity contribution is -0.141. The Morgan fingerprint density at radius 1 is 0.630 bits per heavy atom. The van der Waals surface area contributed by atoms with Crippen molar-refractivity contribution >= 4 is 17.9 Å². The minimum atomic E-state index is -0.963. The normalized spacial score (nSPS) is 20.1. The topological polar surface area (TPSA) is 128 Å². The lowest BCUT2D eigenvalue weighted by Gasteiger charge is -2.35. The Labute approximate surface area is 159 Å². The van der Waals surface area contributed by atoms with E-state index in [-0.39, 0.29) is 19.6 Å². The Morgan fingerprint density at radius 3 is 1.11 bits per heavy atom. The fourth-order valence-corrected chi connectivity index (χ4v) is 2.97. The second-order valence-electron chi connectivity index (χ2n) is 6.81. The van der Waals surface area contributed by atoms with Gasteiger partial charge in [-0.05, 0) is 0 Å². The molecule has 11 nitrogen and oxygen atoms in total. The minimum Gasteiger partial charge on any atom is -0.480 e. The molecule has 3 N–H and O–H groups in total. The van der Waals surface area contributed by atoms with E-state index in [2.05, 4.69) is 0 Å². The molecule has 1 saturated heterocycles. The van der Waals surface area contributed by atoms with Gasteiger partial charge in [0.25, 0.3) is 0 Å². The highest BCUT2D eigenvalue weighted by Gasteiger charge is 2.20. The van der Waals surface area contributed by atoms with Crippen LogP contribution in [0.3, 0.4) is 0 Å². The van der Waals surface area contributed by atoms with E-state index in [1.54, 1.807) is 14.7 Å². The van der Waals surface area contributed by atoms with Crippen LogP contribution in [0.25, 0.3) is 0 Å². The van der Waals surface area contributed by atoms with Crippen LogP contribution < -0.4 is 0 Å². The van der Waals surface area contributed by atoms with Crippen molar-refractivity contribution < 1.29 is 29.7 Å². The molecule has 0 aromatic rings. The molecule has 1 rings (SSSR count). The van der Waals surface area contributed by atoms with Gasteiger partial charge in [0.2, 0.25) is 0 Å². The van der Waals surface area contributed by atoms with Crippen molar-refractivity contribution in [2.24, 2.45) is 0 Å². The van der Waals surface area contributed by atoms with Gasteiger partial charge in [0.1, 0.15) is 0 Å². The van der Waals surface area contributed by atoms with E-state index < -0.39 is 17.9 Å². The maximum atomic E-state index is 11.1. The van der Waals surface area contributed by atoms with E-state index in [1.165, 1.54) is 0 Å². The molecule has 1 aliphatic rings. The third kappa shape index (κ3) is 10.2. The molecule has 1 heterocycles. The predicted octanol–water partition coefficient (Wildman–Crippen LogP) is -2.06. The van der Waals surface area contributed by atoms with Crippen LogP contribution in [0.5, 0.6) is 0 Å². The number of nitrogens with zero attached hydrogens (tertiary/aromatic N) is 5. The van der Waals surface area contributed by atoms with Gasteiger partial charge in [-0.25, -0.2) is 10.0 Å². The average Bonchev–Trinajstić information content (AvgIpc) is 2.53. The summed E-state index contributed by atoms with van der Waals surface area (Å²) in [5, 5.41) is 31.3. The summed E-state index contributed by atoms with van der Waals surface area (Å²) in [5.74, 6) is -2.80. The smallest absolute Gasteiger partial charge is 0.317 e. The number of carboxylic acids is 3. The minimum absolute atomic E-state index is 0.104. The monoisotopic (exact) mass is 389 g/mol. The summed E-state index contributed by atoms with van der Waals surface area (Å²) < 4.78 is 0. The number of carboxylic acid groups (broad SMARTS) is 3. The molecule has 0 radical (unpaired) electrons. The van der Waals surface area contributed by atoms with Crippen LogP contribution in [0, 0.1) is 0 Å². The Morgan fingerprint density at radius 2 is 0.889 bits per heavy atom. The lowest BCUT2D eigenvalue weighted by atomic mass is 10.3. The molecule has 0 saturated carbocycles. The quantitative estimate of drug-likeness (QED) is 0.444. The molecular weight excluding hydrogens is 358 g/mol. The highest BCUT2D eigenvalue weighted by atomic mass is 16.4. The van der Waals surface area contributed by atoms with Crippen LogP contribution in [0.4, 0.5) is 0 Å². The molecule has 0 bridgehead atoms. The Balaban J connectivity index is 2.88. The van der Waals surface area contributed by atoms with Gasteiger partial charge in [0, 0.05) is 66.5 Å². The molecule has 0 amide bonds. The molecule has 0 aliphatic carbocycles. The van der Waals surface area contributed by atoms with E-state index in [9.17, 15) is 14.4 Å². The van der Waals surface area contributed by atoms with Gasteiger partial charge in [-0.2, -0.15) is 0 Å². The Bertz CT molecular complexity index is 472. The first-order chi connectivity index (χ1) is 12.7. The summed E-state index contributed by atoms with van der Waals surface area (Å²) in [6, 6.07) is 0. The highest BCUT2D eigenvalue weighted by Crippen LogP contribution is 2.02. The largest absolute Gasteiger partial charge is 0.480 e. The zero-order valence-corrected chi connectivity index (χ0v) is 16.1. The van der Waals surface area contributed by atoms with Crippen LogP contribution in [-0.2, 0) is 14.4 Å². The van der Waals surface area contributed by atoms with Gasteiger partial charge in [-0.15, -0.1) is 0 Å². The van der Waals surface area contributed by atoms with Crippen LogP contribution in [0.2, 0.25) is 0 Å². The van der Waals surface area contributed by atoms with Gasteiger partial charge >= 0.3 is 17.9 Å². The van der Waals surface area contributed by atoms with Crippen LogP contribution in [0.1, 0.15) is 0 Å². The van der Waals surface area contributed by atoms with E-state index in [1.807, 2.05) is 24.1 Å². The predicted molar refractivity (Wildman–Crippen MR) is 97.5 cm³/mol. The summed E-state index contributed by atoms with van der Waals surface area (Å²) in [7, 11) is 3.78. The van der Waals surface area contributed by atoms with Gasteiger partial charge in [0.15, 0.2) is 0 Å². The summed E-state index contributed by atoms with van der Waals surface area (Å²) in [4.78, 5) is 38.7. The molecule has 0 atom stereocenters. The van der Waals surface area contributed by atoms with Crippen molar-refractivity contribution in [3.05, 3.63) is 0 Å². The summed E-state index contributed by atoms with van der Waals surface area (Å²) in [6.07, 6.45) is 0. The molecular formula is C16H31N5O6. The van der Waals surface area contributed by atoms with Crippen LogP contribution in [0.15, 0.2) is 0 Å². The van der Waals surface area contributed by atoms with Crippen molar-refractivity contribution in [2.75, 3.05) is 86.1 Å². The maximum absolute atomic E-state index is 11.1. The van der Waals surface area contributed by atoms with Crippen molar-refractivity contribution in [1.82, 2.24) is 24.7 Å². The molecule has 0 spiro atoms. The first-order valence-corrected chi connectivity index (χ1v) is 8.92. The SMILES string of the molecule is CN(C)N1CCN(CC(=O)O)CCN(CC(=O)O)CCN(CC(=O)O)CC1. The second-order valence-corrected chi connectivity index (χ2v) is 6.81. The van der Waals surface area contributed by atoms with Gasteiger partial charge in [-0.1, -0.05) is 0 Å². The summed E-state index contributed by atoms with van der Waals surface area (Å²) >= 11 is 0. The van der Waals surface area contributed by atoms with Gasteiger partial charge < -0.3 is 15.3 Å². The average molecular weight is 389 g/mol. The van der Waals surface area contributed by atoms with Crippen LogP contribution >= 0.6 is 0 Å². The van der Waals surface area contributed by atoms with Gasteiger partial charge in [-0.3, -0.25) is 29.1 Å². The number of hydrazine groups is 1. The fourth-order valence-electron chi connectivity index (χ4n) is 2.97. The molecule has 27 heavy (non-hydrogen) atoms. The van der Waals surface area contributed by atoms with E-state index in [4.69, 9.17) is 15.3 Å². The third-order valence-electron chi connectivity index (χ3n) is 4.46. The first kappa shape index (κ1) is 23.2. The van der Waals surface area contributed by atoms with E-state index >= 15 is 0 Å². The van der Waals surface area contributed by atoms with Crippen molar-refractivity contribution in [1.29, 1.82) is 0 Å². The maximum Gasteiger partial charge on any atom is 0.317 e. The lowest BCUT2D eigenvalue weighted by Crippen LogP contribution is -2.50. The number of carbonyl (C=O) groups is 3. The summed E-state index contributed by atoms with van der Waals surface area (Å²) in [5.41, 5.74) is 0. The Kier molecular flexibility index (Phi) is 10.2. The fraction of sp³-hybridized carbons (Fsp3) is 0.812. The van der Waals surface area contributed by atoms with Crippen LogP contribution in [-0.4, -0.2) is 144 Å². The number of hydrogen-bond donors (Lipinski definition) is 3. The molecule has 156 valence electrons. The molecule has 0 aromatic heterocycles. The van der Waals surface area contributed by atoms with E-state index in [0.29, 0.717) is 52.4 Å². The van der Waals surface area contributed by atoms with Crippen molar-refractivity contribution in [2.45, 2.75) is 0 Å².